The number of carbonyl (C=O) groups is 2. The Labute approximate surface area is 182 Å². The Hall–Kier alpha value is -3.69. The molecule has 2 aromatic heterocycles. The van der Waals surface area contributed by atoms with E-state index in [0.717, 1.165) is 12.1 Å². The third kappa shape index (κ3) is 5.13. The van der Waals surface area contributed by atoms with Crippen LogP contribution in [0, 0.1) is 13.8 Å². The van der Waals surface area contributed by atoms with E-state index in [2.05, 4.69) is 9.97 Å². The van der Waals surface area contributed by atoms with Crippen molar-refractivity contribution in [2.75, 3.05) is 25.1 Å². The number of carbonyl (C=O) groups excluding carboxylic acids is 2. The molecular formula is C22H21F3N4O3. The highest BCUT2D eigenvalue weighted by atomic mass is 19.4. The van der Waals surface area contributed by atoms with Gasteiger partial charge in [-0.1, -0.05) is 6.07 Å². The average Bonchev–Trinajstić information content (AvgIpc) is 3.06. The van der Waals surface area contributed by atoms with Crippen molar-refractivity contribution in [3.05, 3.63) is 71.3 Å². The second kappa shape index (κ2) is 9.21. The number of hydrogen-bond acceptors (Lipinski definition) is 6. The highest BCUT2D eigenvalue weighted by Gasteiger charge is 2.31. The largest absolute Gasteiger partial charge is 0.456 e. The molecule has 0 aliphatic carbocycles. The molecule has 1 aromatic carbocycles. The van der Waals surface area contributed by atoms with Crippen molar-refractivity contribution >= 4 is 17.7 Å². The normalized spacial score (nSPS) is 11.3. The van der Waals surface area contributed by atoms with Gasteiger partial charge in [0.1, 0.15) is 6.54 Å². The van der Waals surface area contributed by atoms with Crippen molar-refractivity contribution in [1.29, 1.82) is 0 Å². The molecule has 7 nitrogen and oxygen atoms in total. The molecule has 0 atom stereocenters. The number of Topliss-reactive ketones (excluding diaryl/α,β-unsaturated/α-hetero) is 1. The number of aromatic nitrogens is 3. The maximum Gasteiger partial charge on any atom is 0.416 e. The third-order valence-electron chi connectivity index (χ3n) is 4.79. The van der Waals surface area contributed by atoms with Crippen LogP contribution in [0.5, 0.6) is 0 Å². The lowest BCUT2D eigenvalue weighted by atomic mass is 10.1. The van der Waals surface area contributed by atoms with Gasteiger partial charge in [-0.15, -0.1) is 0 Å². The van der Waals surface area contributed by atoms with Crippen LogP contribution in [-0.2, 0) is 15.7 Å². The highest BCUT2D eigenvalue weighted by molar-refractivity contribution is 5.99. The first-order valence-electron chi connectivity index (χ1n) is 9.61. The number of ether oxygens (including phenoxy) is 1. The van der Waals surface area contributed by atoms with Crippen molar-refractivity contribution in [1.82, 2.24) is 14.5 Å². The maximum atomic E-state index is 13.1. The number of alkyl halides is 3. The van der Waals surface area contributed by atoms with Gasteiger partial charge in [-0.2, -0.15) is 13.2 Å². The summed E-state index contributed by atoms with van der Waals surface area (Å²) in [6.07, 6.45) is -1.41. The fraction of sp³-hybridized carbons (Fsp3) is 0.273. The van der Waals surface area contributed by atoms with Crippen molar-refractivity contribution in [2.45, 2.75) is 20.0 Å². The SMILES string of the molecule is Cc1cc(C(=O)COC(=O)CN(C)c2ncccn2)c(C)n1-c1cccc(C(F)(F)F)c1. The molecule has 0 aliphatic heterocycles. The fourth-order valence-corrected chi connectivity index (χ4v) is 3.29. The van der Waals surface area contributed by atoms with Gasteiger partial charge in [0.2, 0.25) is 11.7 Å². The van der Waals surface area contributed by atoms with Crippen LogP contribution >= 0.6 is 0 Å². The van der Waals surface area contributed by atoms with E-state index >= 15 is 0 Å². The van der Waals surface area contributed by atoms with E-state index in [-0.39, 0.29) is 17.8 Å². The van der Waals surface area contributed by atoms with Crippen LogP contribution in [-0.4, -0.2) is 46.5 Å². The topological polar surface area (TPSA) is 77.3 Å². The van der Waals surface area contributed by atoms with Crippen molar-refractivity contribution in [3.63, 3.8) is 0 Å². The Bertz CT molecular complexity index is 1130. The van der Waals surface area contributed by atoms with Crippen molar-refractivity contribution in [2.24, 2.45) is 0 Å². The molecule has 0 amide bonds. The zero-order valence-electron chi connectivity index (χ0n) is 17.7. The number of esters is 1. The molecule has 2 heterocycles. The molecule has 32 heavy (non-hydrogen) atoms. The minimum Gasteiger partial charge on any atom is -0.456 e. The Kier molecular flexibility index (Phi) is 6.61. The Morgan fingerprint density at radius 2 is 1.78 bits per heavy atom. The van der Waals surface area contributed by atoms with Gasteiger partial charge < -0.3 is 14.2 Å². The summed E-state index contributed by atoms with van der Waals surface area (Å²) in [6, 6.07) is 8.06. The monoisotopic (exact) mass is 446 g/mol. The summed E-state index contributed by atoms with van der Waals surface area (Å²) in [4.78, 5) is 34.2. The minimum absolute atomic E-state index is 0.152. The van der Waals surface area contributed by atoms with Gasteiger partial charge in [0.05, 0.1) is 5.56 Å². The average molecular weight is 446 g/mol. The van der Waals surface area contributed by atoms with E-state index in [1.54, 1.807) is 37.6 Å². The first-order valence-corrected chi connectivity index (χ1v) is 9.61. The smallest absolute Gasteiger partial charge is 0.416 e. The number of anilines is 1. The van der Waals surface area contributed by atoms with E-state index in [0.29, 0.717) is 17.3 Å². The summed E-state index contributed by atoms with van der Waals surface area (Å²) in [6.45, 7) is 2.67. The standard InChI is InChI=1S/C22H21F3N4O3/c1-14-10-18(15(2)29(14)17-7-4-6-16(11-17)22(23,24)25)19(30)13-32-20(31)12-28(3)21-26-8-5-9-27-21/h4-11H,12-13H2,1-3H3. The molecule has 3 rings (SSSR count). The summed E-state index contributed by atoms with van der Waals surface area (Å²) >= 11 is 0. The van der Waals surface area contributed by atoms with Gasteiger partial charge in [-0.25, -0.2) is 9.97 Å². The van der Waals surface area contributed by atoms with Crippen LogP contribution in [0.3, 0.4) is 0 Å². The molecule has 0 aliphatic rings. The summed E-state index contributed by atoms with van der Waals surface area (Å²) in [5.74, 6) is -0.760. The van der Waals surface area contributed by atoms with E-state index in [4.69, 9.17) is 4.74 Å². The lowest BCUT2D eigenvalue weighted by Gasteiger charge is -2.15. The van der Waals surface area contributed by atoms with Gasteiger partial charge in [0.25, 0.3) is 0 Å². The van der Waals surface area contributed by atoms with Crippen molar-refractivity contribution in [3.8, 4) is 5.69 Å². The Morgan fingerprint density at radius 1 is 1.09 bits per heavy atom. The lowest BCUT2D eigenvalue weighted by molar-refractivity contribution is -0.141. The van der Waals surface area contributed by atoms with Crippen LogP contribution in [0.4, 0.5) is 19.1 Å². The highest BCUT2D eigenvalue weighted by Crippen LogP contribution is 2.31. The molecule has 0 bridgehead atoms. The molecule has 0 radical (unpaired) electrons. The molecular weight excluding hydrogens is 425 g/mol. The van der Waals surface area contributed by atoms with E-state index in [9.17, 15) is 22.8 Å². The molecule has 0 N–H and O–H groups in total. The number of nitrogens with zero attached hydrogens (tertiary/aromatic N) is 4. The second-order valence-electron chi connectivity index (χ2n) is 7.16. The predicted molar refractivity (Wildman–Crippen MR) is 111 cm³/mol. The van der Waals surface area contributed by atoms with Gasteiger partial charge >= 0.3 is 12.1 Å². The second-order valence-corrected chi connectivity index (χ2v) is 7.16. The van der Waals surface area contributed by atoms with Gasteiger partial charge in [0.15, 0.2) is 6.61 Å². The molecule has 0 saturated carbocycles. The van der Waals surface area contributed by atoms with Crippen LogP contribution in [0.15, 0.2) is 48.8 Å². The summed E-state index contributed by atoms with van der Waals surface area (Å²) in [7, 11) is 1.61. The van der Waals surface area contributed by atoms with Crippen LogP contribution < -0.4 is 4.90 Å². The van der Waals surface area contributed by atoms with Crippen LogP contribution in [0.25, 0.3) is 5.69 Å². The molecule has 168 valence electrons. The fourth-order valence-electron chi connectivity index (χ4n) is 3.29. The predicted octanol–water partition coefficient (Wildman–Crippen LogP) is 3.77. The zero-order chi connectivity index (χ0) is 23.5. The molecule has 0 saturated heterocycles. The summed E-state index contributed by atoms with van der Waals surface area (Å²) in [5, 5.41) is 0. The summed E-state index contributed by atoms with van der Waals surface area (Å²) < 4.78 is 45.9. The first kappa shape index (κ1) is 23.0. The molecule has 0 spiro atoms. The summed E-state index contributed by atoms with van der Waals surface area (Å²) in [5.41, 5.74) is 0.814. The molecule has 0 fully saturated rings. The number of hydrogen-bond donors (Lipinski definition) is 0. The Morgan fingerprint density at radius 3 is 2.44 bits per heavy atom. The van der Waals surface area contributed by atoms with Crippen LogP contribution in [0.2, 0.25) is 0 Å². The number of likely N-dealkylation sites (N-methyl/N-ethyl adjacent to an activating group) is 1. The Balaban J connectivity index is 1.70. The van der Waals surface area contributed by atoms with Gasteiger partial charge in [-0.3, -0.25) is 9.59 Å². The van der Waals surface area contributed by atoms with E-state index in [1.807, 2.05) is 0 Å². The molecule has 10 heteroatoms. The maximum absolute atomic E-state index is 13.1. The number of halogens is 3. The number of rotatable bonds is 7. The number of benzene rings is 1. The quantitative estimate of drug-likeness (QED) is 0.406. The van der Waals surface area contributed by atoms with E-state index < -0.39 is 30.1 Å². The van der Waals surface area contributed by atoms with Gasteiger partial charge in [-0.05, 0) is 44.2 Å². The van der Waals surface area contributed by atoms with Crippen LogP contribution in [0.1, 0.15) is 27.3 Å². The minimum atomic E-state index is -4.48. The number of aryl methyl sites for hydroxylation is 1. The molecule has 0 unspecified atom stereocenters. The van der Waals surface area contributed by atoms with E-state index in [1.165, 1.54) is 29.4 Å². The molecule has 3 aromatic rings. The van der Waals surface area contributed by atoms with Gasteiger partial charge in [0, 0.05) is 42.1 Å². The lowest BCUT2D eigenvalue weighted by Crippen LogP contribution is -2.29. The number of ketones is 1. The van der Waals surface area contributed by atoms with Crippen molar-refractivity contribution < 1.29 is 27.5 Å². The zero-order valence-corrected chi connectivity index (χ0v) is 17.7. The first-order chi connectivity index (χ1) is 15.1. The third-order valence-corrected chi connectivity index (χ3v) is 4.79.